The third kappa shape index (κ3) is 3.83. The van der Waals surface area contributed by atoms with Crippen LogP contribution < -0.4 is 0 Å². The van der Waals surface area contributed by atoms with Gasteiger partial charge in [-0.05, 0) is 108 Å². The Balaban J connectivity index is 1.43. The largest absolute Gasteiger partial charge is 0.395 e. The highest BCUT2D eigenvalue weighted by Gasteiger charge is 2.71. The summed E-state index contributed by atoms with van der Waals surface area (Å²) in [7, 11) is 4.01. The molecular weight excluding hydrogens is 404 g/mol. The normalized spacial score (nSPS) is 48.5. The van der Waals surface area contributed by atoms with Crippen molar-refractivity contribution in [3.05, 3.63) is 0 Å². The van der Waals surface area contributed by atoms with Crippen LogP contribution in [0, 0.1) is 28.6 Å². The minimum Gasteiger partial charge on any atom is -0.395 e. The van der Waals surface area contributed by atoms with Crippen molar-refractivity contribution in [3.8, 4) is 0 Å². The van der Waals surface area contributed by atoms with Gasteiger partial charge in [0.25, 0.3) is 0 Å². The topological polar surface area (TPSA) is 85.5 Å². The van der Waals surface area contributed by atoms with Gasteiger partial charge in [0.2, 0.25) is 0 Å². The summed E-state index contributed by atoms with van der Waals surface area (Å²) in [6.45, 7) is 5.97. The number of likely N-dealkylation sites (N-methyl/N-ethyl adjacent to an activating group) is 1. The minimum absolute atomic E-state index is 0.147. The van der Waals surface area contributed by atoms with Gasteiger partial charge in [-0.1, -0.05) is 19.0 Å². The molecule has 4 fully saturated rings. The molecule has 3 unspecified atom stereocenters. The van der Waals surface area contributed by atoms with E-state index >= 15 is 0 Å². The summed E-state index contributed by atoms with van der Waals surface area (Å²) < 4.78 is 0. The van der Waals surface area contributed by atoms with Gasteiger partial charge in [-0.25, -0.2) is 0 Å². The number of fused-ring (bicyclic) bond motifs is 5. The van der Waals surface area contributed by atoms with Crippen LogP contribution in [0.4, 0.5) is 0 Å². The quantitative estimate of drug-likeness (QED) is 0.314. The predicted molar refractivity (Wildman–Crippen MR) is 126 cm³/mol. The molecule has 4 aliphatic rings. The first kappa shape index (κ1) is 24.4. The molecule has 4 saturated carbocycles. The maximum atomic E-state index is 12.2. The van der Waals surface area contributed by atoms with Gasteiger partial charge in [0.05, 0.1) is 17.3 Å². The molecule has 32 heavy (non-hydrogen) atoms. The Labute approximate surface area is 194 Å². The van der Waals surface area contributed by atoms with Crippen molar-refractivity contribution in [1.82, 2.24) is 4.90 Å². The molecule has 0 aromatic rings. The van der Waals surface area contributed by atoms with E-state index < -0.39 is 16.6 Å². The number of aliphatic hydroxyl groups is 3. The zero-order valence-corrected chi connectivity index (χ0v) is 20.7. The third-order valence-electron chi connectivity index (χ3n) is 10.6. The molecule has 0 bridgehead atoms. The molecule has 8 atom stereocenters. The van der Waals surface area contributed by atoms with Crippen LogP contribution in [0.25, 0.3) is 0 Å². The summed E-state index contributed by atoms with van der Waals surface area (Å²) in [5.74, 6) is 1.33. The average molecular weight is 451 g/mol. The summed E-state index contributed by atoms with van der Waals surface area (Å²) in [6, 6.07) is 0. The summed E-state index contributed by atoms with van der Waals surface area (Å²) in [4.78, 5) is 7.37. The van der Waals surface area contributed by atoms with E-state index in [2.05, 4.69) is 23.9 Å². The Morgan fingerprint density at radius 3 is 2.53 bits per heavy atom. The molecule has 6 heteroatoms. The average Bonchev–Trinajstić information content (AvgIpc) is 2.95. The SMILES string of the molecule is CN(C)CCO/N=C\CCC1(O)CC[C@@]2(O)[C@@H]3CCC4CC(O)CC[C@]4(C)[C@@H]3CC[C@]12C. The molecule has 6 nitrogen and oxygen atoms in total. The van der Waals surface area contributed by atoms with Crippen molar-refractivity contribution in [2.75, 3.05) is 27.2 Å². The van der Waals surface area contributed by atoms with Gasteiger partial charge in [0.1, 0.15) is 6.61 Å². The first-order chi connectivity index (χ1) is 15.1. The summed E-state index contributed by atoms with van der Waals surface area (Å²) in [6.07, 6.45) is 11.3. The molecule has 4 aliphatic carbocycles. The molecule has 3 N–H and O–H groups in total. The van der Waals surface area contributed by atoms with Gasteiger partial charge in [-0.3, -0.25) is 0 Å². The van der Waals surface area contributed by atoms with Crippen LogP contribution in [0.5, 0.6) is 0 Å². The molecule has 4 rings (SSSR count). The van der Waals surface area contributed by atoms with Gasteiger partial charge >= 0.3 is 0 Å². The van der Waals surface area contributed by atoms with Crippen molar-refractivity contribution in [2.24, 2.45) is 33.7 Å². The van der Waals surface area contributed by atoms with Crippen molar-refractivity contribution in [2.45, 2.75) is 102 Å². The Morgan fingerprint density at radius 2 is 1.78 bits per heavy atom. The van der Waals surface area contributed by atoms with Crippen molar-refractivity contribution in [1.29, 1.82) is 0 Å². The predicted octanol–water partition coefficient (Wildman–Crippen LogP) is 3.58. The summed E-state index contributed by atoms with van der Waals surface area (Å²) in [5, 5.41) is 38.3. The van der Waals surface area contributed by atoms with E-state index in [4.69, 9.17) is 4.84 Å². The maximum absolute atomic E-state index is 12.2. The lowest BCUT2D eigenvalue weighted by molar-refractivity contribution is -0.236. The second kappa shape index (κ2) is 8.83. The van der Waals surface area contributed by atoms with Gasteiger partial charge < -0.3 is 25.1 Å². The van der Waals surface area contributed by atoms with E-state index in [-0.39, 0.29) is 17.4 Å². The first-order valence-corrected chi connectivity index (χ1v) is 13.0. The lowest BCUT2D eigenvalue weighted by atomic mass is 9.43. The number of hydrogen-bond acceptors (Lipinski definition) is 6. The molecule has 0 heterocycles. The van der Waals surface area contributed by atoms with Crippen LogP contribution in [0.2, 0.25) is 0 Å². The van der Waals surface area contributed by atoms with E-state index in [1.807, 2.05) is 14.1 Å². The van der Waals surface area contributed by atoms with Crippen LogP contribution in [0.1, 0.15) is 84.5 Å². The Kier molecular flexibility index (Phi) is 6.74. The standard InChI is InChI=1S/C26H46N2O4/c1-23-11-8-20(29)18-19(23)6-7-22-21(23)9-12-24(2)25(30,13-14-26(22,24)31)10-5-15-27-32-17-16-28(3)4/h15,19-22,29-31H,5-14,16-18H2,1-4H3/b27-15-/t19?,20?,21-,22-,23+,24-,25?,26-/m1/s1. The van der Waals surface area contributed by atoms with Gasteiger partial charge in [-0.2, -0.15) is 0 Å². The Bertz CT molecular complexity index is 701. The fraction of sp³-hybridized carbons (Fsp3) is 0.962. The van der Waals surface area contributed by atoms with E-state index in [1.54, 1.807) is 6.21 Å². The van der Waals surface area contributed by atoms with Gasteiger partial charge in [0.15, 0.2) is 0 Å². The number of hydrogen-bond donors (Lipinski definition) is 3. The maximum Gasteiger partial charge on any atom is 0.129 e. The highest BCUT2D eigenvalue weighted by Crippen LogP contribution is 2.70. The van der Waals surface area contributed by atoms with Gasteiger partial charge in [0, 0.05) is 18.2 Å². The van der Waals surface area contributed by atoms with Crippen LogP contribution in [-0.4, -0.2) is 71.0 Å². The van der Waals surface area contributed by atoms with Crippen molar-refractivity contribution < 1.29 is 20.2 Å². The first-order valence-electron chi connectivity index (χ1n) is 13.0. The third-order valence-corrected chi connectivity index (χ3v) is 10.6. The molecule has 0 amide bonds. The monoisotopic (exact) mass is 450 g/mol. The second-order valence-corrected chi connectivity index (χ2v) is 12.2. The van der Waals surface area contributed by atoms with E-state index in [0.717, 1.165) is 51.5 Å². The highest BCUT2D eigenvalue weighted by molar-refractivity contribution is 5.56. The lowest BCUT2D eigenvalue weighted by Crippen LogP contribution is -2.65. The molecular formula is C26H46N2O4. The van der Waals surface area contributed by atoms with Crippen LogP contribution in [0.15, 0.2) is 5.16 Å². The highest BCUT2D eigenvalue weighted by atomic mass is 16.6. The molecule has 0 aliphatic heterocycles. The zero-order chi connectivity index (χ0) is 23.2. The second-order valence-electron chi connectivity index (χ2n) is 12.2. The molecule has 0 aromatic heterocycles. The molecule has 0 radical (unpaired) electrons. The lowest BCUT2D eigenvalue weighted by Gasteiger charge is -2.64. The number of aliphatic hydroxyl groups excluding tert-OH is 1. The Morgan fingerprint density at radius 1 is 1.00 bits per heavy atom. The molecule has 0 spiro atoms. The zero-order valence-electron chi connectivity index (χ0n) is 20.7. The fourth-order valence-electron chi connectivity index (χ4n) is 8.40. The van der Waals surface area contributed by atoms with Crippen LogP contribution >= 0.6 is 0 Å². The Hall–Kier alpha value is -0.690. The van der Waals surface area contributed by atoms with Crippen LogP contribution in [0.3, 0.4) is 0 Å². The van der Waals surface area contributed by atoms with E-state index in [0.29, 0.717) is 44.1 Å². The summed E-state index contributed by atoms with van der Waals surface area (Å²) >= 11 is 0. The minimum atomic E-state index is -0.858. The molecule has 184 valence electrons. The molecule has 0 aromatic carbocycles. The van der Waals surface area contributed by atoms with E-state index in [9.17, 15) is 15.3 Å². The number of oxime groups is 1. The number of rotatable bonds is 7. The fourth-order valence-corrected chi connectivity index (χ4v) is 8.40. The molecule has 0 saturated heterocycles. The van der Waals surface area contributed by atoms with Gasteiger partial charge in [-0.15, -0.1) is 0 Å². The van der Waals surface area contributed by atoms with Crippen molar-refractivity contribution >= 4 is 6.21 Å². The summed E-state index contributed by atoms with van der Waals surface area (Å²) in [5.41, 5.74) is -1.91. The van der Waals surface area contributed by atoms with E-state index in [1.165, 1.54) is 0 Å². The smallest absolute Gasteiger partial charge is 0.129 e. The van der Waals surface area contributed by atoms with Crippen LogP contribution in [-0.2, 0) is 4.84 Å². The number of nitrogens with zero attached hydrogens (tertiary/aromatic N) is 2. The van der Waals surface area contributed by atoms with Crippen molar-refractivity contribution in [3.63, 3.8) is 0 Å².